The summed E-state index contributed by atoms with van der Waals surface area (Å²) in [7, 11) is 3.60. The molecule has 0 fully saturated rings. The summed E-state index contributed by atoms with van der Waals surface area (Å²) in [4.78, 5) is 0. The summed E-state index contributed by atoms with van der Waals surface area (Å²) in [5.74, 6) is 0.899. The van der Waals surface area contributed by atoms with Crippen molar-refractivity contribution in [1.29, 1.82) is 0 Å². The van der Waals surface area contributed by atoms with Gasteiger partial charge in [-0.15, -0.1) is 0 Å². The van der Waals surface area contributed by atoms with Crippen LogP contribution in [0.4, 0.5) is 0 Å². The number of benzene rings is 1. The number of para-hydroxylation sites is 1. The number of nitrogens with zero attached hydrogens (tertiary/aromatic N) is 2. The Bertz CT molecular complexity index is 474. The highest BCUT2D eigenvalue weighted by molar-refractivity contribution is 5.68. The Labute approximate surface area is 89.3 Å². The molecule has 15 heavy (non-hydrogen) atoms. The van der Waals surface area contributed by atoms with Crippen molar-refractivity contribution in [3.63, 3.8) is 0 Å². The number of hydrogen-bond donors (Lipinski definition) is 0. The van der Waals surface area contributed by atoms with E-state index in [4.69, 9.17) is 4.74 Å². The van der Waals surface area contributed by atoms with Crippen LogP contribution in [-0.4, -0.2) is 16.9 Å². The van der Waals surface area contributed by atoms with E-state index in [-0.39, 0.29) is 0 Å². The maximum absolute atomic E-state index is 5.39. The second-order valence-electron chi connectivity index (χ2n) is 3.53. The minimum Gasteiger partial charge on any atom is -0.496 e. The zero-order valence-corrected chi connectivity index (χ0v) is 9.19. The summed E-state index contributed by atoms with van der Waals surface area (Å²) in [5.41, 5.74) is 3.11. The highest BCUT2D eigenvalue weighted by Crippen LogP contribution is 2.31. The molecule has 3 heteroatoms. The summed E-state index contributed by atoms with van der Waals surface area (Å²) >= 11 is 0. The zero-order valence-electron chi connectivity index (χ0n) is 9.19. The van der Waals surface area contributed by atoms with Gasteiger partial charge >= 0.3 is 0 Å². The van der Waals surface area contributed by atoms with E-state index in [0.29, 0.717) is 0 Å². The molecule has 2 rings (SSSR count). The molecule has 0 atom stereocenters. The van der Waals surface area contributed by atoms with Crippen molar-refractivity contribution in [2.24, 2.45) is 7.05 Å². The van der Waals surface area contributed by atoms with Gasteiger partial charge < -0.3 is 4.74 Å². The smallest absolute Gasteiger partial charge is 0.131 e. The van der Waals surface area contributed by atoms with Gasteiger partial charge in [0.05, 0.1) is 12.8 Å². The van der Waals surface area contributed by atoms with Gasteiger partial charge in [0.25, 0.3) is 0 Å². The molecule has 0 saturated heterocycles. The van der Waals surface area contributed by atoms with E-state index in [1.807, 2.05) is 44.4 Å². The van der Waals surface area contributed by atoms with E-state index in [1.165, 1.54) is 0 Å². The minimum absolute atomic E-state index is 0.899. The van der Waals surface area contributed by atoms with E-state index in [9.17, 15) is 0 Å². The minimum atomic E-state index is 0.899. The maximum atomic E-state index is 5.39. The third kappa shape index (κ3) is 1.73. The second kappa shape index (κ2) is 3.77. The fourth-order valence-corrected chi connectivity index (χ4v) is 1.68. The van der Waals surface area contributed by atoms with Crippen LogP contribution < -0.4 is 4.74 Å². The molecule has 0 aliphatic heterocycles. The molecule has 0 bridgehead atoms. The van der Waals surface area contributed by atoms with Crippen molar-refractivity contribution in [2.75, 3.05) is 7.11 Å². The molecule has 0 N–H and O–H groups in total. The molecule has 3 nitrogen and oxygen atoms in total. The topological polar surface area (TPSA) is 27.1 Å². The van der Waals surface area contributed by atoms with Crippen LogP contribution in [0, 0.1) is 6.92 Å². The average Bonchev–Trinajstić information content (AvgIpc) is 2.64. The van der Waals surface area contributed by atoms with Crippen molar-refractivity contribution >= 4 is 0 Å². The molecule has 0 aliphatic rings. The molecule has 0 aliphatic carbocycles. The summed E-state index contributed by atoms with van der Waals surface area (Å²) in [6.45, 7) is 2.03. The summed E-state index contributed by atoms with van der Waals surface area (Å²) in [5, 5.41) is 4.37. The highest BCUT2D eigenvalue weighted by atomic mass is 16.5. The van der Waals surface area contributed by atoms with Gasteiger partial charge in [-0.1, -0.05) is 12.1 Å². The Hall–Kier alpha value is -1.77. The van der Waals surface area contributed by atoms with Crippen LogP contribution in [0.5, 0.6) is 5.75 Å². The van der Waals surface area contributed by atoms with Crippen LogP contribution in [-0.2, 0) is 7.05 Å². The molecular formula is C12H14N2O. The Morgan fingerprint density at radius 1 is 1.27 bits per heavy atom. The summed E-state index contributed by atoms with van der Waals surface area (Å²) in [6, 6.07) is 8.05. The van der Waals surface area contributed by atoms with Gasteiger partial charge in [-0.3, -0.25) is 4.68 Å². The number of methoxy groups -OCH3 is 1. The van der Waals surface area contributed by atoms with E-state index in [2.05, 4.69) is 5.10 Å². The normalized spacial score (nSPS) is 10.3. The van der Waals surface area contributed by atoms with E-state index < -0.39 is 0 Å². The van der Waals surface area contributed by atoms with E-state index >= 15 is 0 Å². The first-order valence-corrected chi connectivity index (χ1v) is 4.86. The predicted molar refractivity (Wildman–Crippen MR) is 59.9 cm³/mol. The quantitative estimate of drug-likeness (QED) is 0.747. The largest absolute Gasteiger partial charge is 0.496 e. The van der Waals surface area contributed by atoms with Crippen molar-refractivity contribution in [2.45, 2.75) is 6.92 Å². The number of aryl methyl sites for hydroxylation is 2. The van der Waals surface area contributed by atoms with Gasteiger partial charge in [0.15, 0.2) is 0 Å². The summed E-state index contributed by atoms with van der Waals surface area (Å²) < 4.78 is 7.18. The van der Waals surface area contributed by atoms with Gasteiger partial charge in [0, 0.05) is 18.8 Å². The van der Waals surface area contributed by atoms with Crippen LogP contribution >= 0.6 is 0 Å². The monoisotopic (exact) mass is 202 g/mol. The molecule has 78 valence electrons. The van der Waals surface area contributed by atoms with Gasteiger partial charge in [0.2, 0.25) is 0 Å². The standard InChI is InChI=1S/C12H14N2O/c1-9-5-4-6-10(12(9)15-3)11-7-8-14(2)13-11/h4-8H,1-3H3. The van der Waals surface area contributed by atoms with Crippen molar-refractivity contribution in [3.8, 4) is 17.0 Å². The maximum Gasteiger partial charge on any atom is 0.131 e. The van der Waals surface area contributed by atoms with Gasteiger partial charge in [0.1, 0.15) is 5.75 Å². The Morgan fingerprint density at radius 3 is 2.67 bits per heavy atom. The molecule has 1 aromatic heterocycles. The zero-order chi connectivity index (χ0) is 10.8. The van der Waals surface area contributed by atoms with Crippen LogP contribution in [0.3, 0.4) is 0 Å². The SMILES string of the molecule is COc1c(C)cccc1-c1ccn(C)n1. The van der Waals surface area contributed by atoms with E-state index in [0.717, 1.165) is 22.6 Å². The lowest BCUT2D eigenvalue weighted by molar-refractivity contribution is 0.413. The van der Waals surface area contributed by atoms with Crippen LogP contribution in [0.2, 0.25) is 0 Å². The predicted octanol–water partition coefficient (Wildman–Crippen LogP) is 2.40. The molecule has 0 spiro atoms. The highest BCUT2D eigenvalue weighted by Gasteiger charge is 2.09. The fourth-order valence-electron chi connectivity index (χ4n) is 1.68. The summed E-state index contributed by atoms with van der Waals surface area (Å²) in [6.07, 6.45) is 1.93. The first-order chi connectivity index (χ1) is 7.22. The molecule has 0 amide bonds. The molecular weight excluding hydrogens is 188 g/mol. The average molecular weight is 202 g/mol. The van der Waals surface area contributed by atoms with E-state index in [1.54, 1.807) is 11.8 Å². The Kier molecular flexibility index (Phi) is 2.46. The lowest BCUT2D eigenvalue weighted by Gasteiger charge is -2.08. The lowest BCUT2D eigenvalue weighted by Crippen LogP contribution is -1.93. The molecule has 0 unspecified atom stereocenters. The molecule has 0 radical (unpaired) electrons. The fraction of sp³-hybridized carbons (Fsp3) is 0.250. The third-order valence-corrected chi connectivity index (χ3v) is 2.41. The number of rotatable bonds is 2. The van der Waals surface area contributed by atoms with Crippen molar-refractivity contribution in [3.05, 3.63) is 36.0 Å². The third-order valence-electron chi connectivity index (χ3n) is 2.41. The number of ether oxygens (including phenoxy) is 1. The molecule has 2 aromatic rings. The molecule has 0 saturated carbocycles. The van der Waals surface area contributed by atoms with Crippen LogP contribution in [0.1, 0.15) is 5.56 Å². The van der Waals surface area contributed by atoms with Crippen molar-refractivity contribution < 1.29 is 4.74 Å². The number of aromatic nitrogens is 2. The molecule has 1 heterocycles. The Balaban J connectivity index is 2.57. The first-order valence-electron chi connectivity index (χ1n) is 4.86. The number of hydrogen-bond acceptors (Lipinski definition) is 2. The Morgan fingerprint density at radius 2 is 2.07 bits per heavy atom. The van der Waals surface area contributed by atoms with Gasteiger partial charge in [-0.25, -0.2) is 0 Å². The van der Waals surface area contributed by atoms with Crippen LogP contribution in [0.25, 0.3) is 11.3 Å². The molecule has 1 aromatic carbocycles. The first kappa shape index (κ1) is 9.77. The van der Waals surface area contributed by atoms with Crippen molar-refractivity contribution in [1.82, 2.24) is 9.78 Å². The van der Waals surface area contributed by atoms with Crippen LogP contribution in [0.15, 0.2) is 30.5 Å². The van der Waals surface area contributed by atoms with Gasteiger partial charge in [-0.05, 0) is 24.6 Å². The van der Waals surface area contributed by atoms with Gasteiger partial charge in [-0.2, -0.15) is 5.10 Å². The lowest BCUT2D eigenvalue weighted by atomic mass is 10.1. The second-order valence-corrected chi connectivity index (χ2v) is 3.53.